The van der Waals surface area contributed by atoms with Crippen LogP contribution in [0.1, 0.15) is 26.2 Å². The second-order valence-corrected chi connectivity index (χ2v) is 2.99. The van der Waals surface area contributed by atoms with Crippen molar-refractivity contribution in [2.45, 2.75) is 26.2 Å². The number of hydrogen-bond donors (Lipinski definition) is 4. The van der Waals surface area contributed by atoms with Crippen molar-refractivity contribution in [3.05, 3.63) is 0 Å². The molecule has 8 nitrogen and oxygen atoms in total. The number of unbranched alkanes of at least 4 members (excludes halogenated alkanes) is 1. The molecule has 0 aromatic heterocycles. The maximum Gasteiger partial charge on any atom is 0.211 e. The van der Waals surface area contributed by atoms with Crippen LogP contribution in [0.3, 0.4) is 0 Å². The molecule has 0 spiro atoms. The number of nitrogens with two attached hydrogens (primary N) is 4. The van der Waals surface area contributed by atoms with Crippen LogP contribution in [0.4, 0.5) is 0 Å². The largest absolute Gasteiger partial charge is 0.369 e. The summed E-state index contributed by atoms with van der Waals surface area (Å²) in [5.74, 6) is -0.225. The Morgan fingerprint density at radius 1 is 1.00 bits per heavy atom. The van der Waals surface area contributed by atoms with Crippen molar-refractivity contribution in [1.29, 1.82) is 0 Å². The molecule has 0 rings (SSSR count). The van der Waals surface area contributed by atoms with Gasteiger partial charge in [-0.05, 0) is 12.8 Å². The molecule has 0 aliphatic rings. The number of rotatable bonds is 6. The molecule has 16 heavy (non-hydrogen) atoms. The van der Waals surface area contributed by atoms with E-state index in [1.807, 2.05) is 0 Å². The first kappa shape index (κ1) is 13.9. The molecule has 90 valence electrons. The third-order valence-electron chi connectivity index (χ3n) is 1.46. The van der Waals surface area contributed by atoms with Gasteiger partial charge in [0.25, 0.3) is 0 Å². The first-order valence-corrected chi connectivity index (χ1v) is 4.83. The molecule has 0 aromatic carbocycles. The molecule has 0 aromatic rings. The Labute approximate surface area is 94.2 Å². The molecule has 0 saturated carbocycles. The molecule has 0 radical (unpaired) electrons. The van der Waals surface area contributed by atoms with E-state index in [-0.39, 0.29) is 11.9 Å². The molecule has 0 aliphatic heterocycles. The predicted octanol–water partition coefficient (Wildman–Crippen LogP) is -0.935. The lowest BCUT2D eigenvalue weighted by Gasteiger charge is -1.96. The highest BCUT2D eigenvalue weighted by molar-refractivity contribution is 6.30. The third-order valence-corrected chi connectivity index (χ3v) is 1.46. The molecular weight excluding hydrogens is 208 g/mol. The van der Waals surface area contributed by atoms with Gasteiger partial charge >= 0.3 is 0 Å². The van der Waals surface area contributed by atoms with E-state index in [2.05, 4.69) is 27.3 Å². The zero-order valence-corrected chi connectivity index (χ0v) is 9.30. The highest BCUT2D eigenvalue weighted by atomic mass is 15.3. The van der Waals surface area contributed by atoms with Crippen molar-refractivity contribution >= 4 is 23.8 Å². The van der Waals surface area contributed by atoms with Crippen molar-refractivity contribution in [2.75, 3.05) is 0 Å². The quantitative estimate of drug-likeness (QED) is 0.262. The molecule has 0 amide bonds. The van der Waals surface area contributed by atoms with Crippen LogP contribution in [-0.2, 0) is 0 Å². The first-order valence-electron chi connectivity index (χ1n) is 4.83. The summed E-state index contributed by atoms with van der Waals surface area (Å²) in [4.78, 5) is 0. The number of hydrogen-bond acceptors (Lipinski definition) is 4. The average Bonchev–Trinajstić information content (AvgIpc) is 2.20. The average molecular weight is 226 g/mol. The molecule has 8 heteroatoms. The summed E-state index contributed by atoms with van der Waals surface area (Å²) in [6.07, 6.45) is 4.10. The fourth-order valence-corrected chi connectivity index (χ4v) is 0.782. The van der Waals surface area contributed by atoms with Crippen molar-refractivity contribution in [2.24, 2.45) is 43.3 Å². The van der Waals surface area contributed by atoms with E-state index in [0.29, 0.717) is 12.1 Å². The summed E-state index contributed by atoms with van der Waals surface area (Å²) in [7, 11) is 0. The fraction of sp³-hybridized carbons (Fsp3) is 0.500. The van der Waals surface area contributed by atoms with Crippen molar-refractivity contribution in [1.82, 2.24) is 0 Å². The maximum absolute atomic E-state index is 5.15. The van der Waals surface area contributed by atoms with Gasteiger partial charge in [-0.1, -0.05) is 13.3 Å². The van der Waals surface area contributed by atoms with Gasteiger partial charge in [0, 0.05) is 0 Å². The predicted molar refractivity (Wildman–Crippen MR) is 67.1 cm³/mol. The van der Waals surface area contributed by atoms with E-state index in [4.69, 9.17) is 22.9 Å². The van der Waals surface area contributed by atoms with Crippen LogP contribution < -0.4 is 22.9 Å². The fourth-order valence-electron chi connectivity index (χ4n) is 0.782. The molecule has 0 heterocycles. The van der Waals surface area contributed by atoms with Gasteiger partial charge in [-0.3, -0.25) is 0 Å². The van der Waals surface area contributed by atoms with E-state index in [1.54, 1.807) is 0 Å². The van der Waals surface area contributed by atoms with E-state index in [1.165, 1.54) is 6.21 Å². The summed E-state index contributed by atoms with van der Waals surface area (Å²) in [5, 5.41) is 14.4. The summed E-state index contributed by atoms with van der Waals surface area (Å²) in [6.45, 7) is 2.06. The minimum absolute atomic E-state index is 0.107. The summed E-state index contributed by atoms with van der Waals surface area (Å²) in [5.41, 5.74) is 21.1. The maximum atomic E-state index is 5.15. The van der Waals surface area contributed by atoms with Gasteiger partial charge in [0.2, 0.25) is 11.9 Å². The first-order chi connectivity index (χ1) is 7.56. The Bertz CT molecular complexity index is 306. The van der Waals surface area contributed by atoms with Crippen molar-refractivity contribution in [3.63, 3.8) is 0 Å². The Morgan fingerprint density at radius 2 is 1.62 bits per heavy atom. The highest BCUT2D eigenvalue weighted by Gasteiger charge is 1.95. The van der Waals surface area contributed by atoms with Gasteiger partial charge in [-0.15, -0.1) is 10.2 Å². The van der Waals surface area contributed by atoms with Gasteiger partial charge in [0.15, 0.2) is 0 Å². The van der Waals surface area contributed by atoms with Crippen LogP contribution in [-0.4, -0.2) is 23.8 Å². The standard InChI is InChI=1S/C8H18N8/c1-2-3-4-6(14-16-8(11)12)5-13-15-7(9)10/h5H,2-4H2,1H3,(H4,9,10,15)(H4,11,12,16). The normalized spacial score (nSPS) is 11.4. The van der Waals surface area contributed by atoms with Gasteiger partial charge in [0.05, 0.1) is 11.9 Å². The van der Waals surface area contributed by atoms with Crippen LogP contribution in [0.5, 0.6) is 0 Å². The molecular formula is C8H18N8. The van der Waals surface area contributed by atoms with Crippen LogP contribution in [0, 0.1) is 0 Å². The Balaban J connectivity index is 4.55. The van der Waals surface area contributed by atoms with Crippen LogP contribution >= 0.6 is 0 Å². The lowest BCUT2D eigenvalue weighted by molar-refractivity contribution is 0.836. The molecule has 8 N–H and O–H groups in total. The topological polar surface area (TPSA) is 154 Å². The molecule has 0 atom stereocenters. The molecule has 0 aliphatic carbocycles. The van der Waals surface area contributed by atoms with Crippen molar-refractivity contribution < 1.29 is 0 Å². The van der Waals surface area contributed by atoms with E-state index in [9.17, 15) is 0 Å². The lowest BCUT2D eigenvalue weighted by Crippen LogP contribution is -2.22. The second kappa shape index (κ2) is 8.21. The third kappa shape index (κ3) is 8.48. The SMILES string of the molecule is CCCCC(C=NN=C(N)N)=NN=C(N)N. The summed E-state index contributed by atoms with van der Waals surface area (Å²) < 4.78 is 0. The van der Waals surface area contributed by atoms with Gasteiger partial charge < -0.3 is 22.9 Å². The molecule has 0 bridgehead atoms. The smallest absolute Gasteiger partial charge is 0.211 e. The Hall–Kier alpha value is -2.12. The minimum Gasteiger partial charge on any atom is -0.369 e. The number of guanidine groups is 2. The molecule has 0 fully saturated rings. The lowest BCUT2D eigenvalue weighted by atomic mass is 10.2. The van der Waals surface area contributed by atoms with E-state index < -0.39 is 0 Å². The zero-order chi connectivity index (χ0) is 12.4. The minimum atomic E-state index is -0.118. The van der Waals surface area contributed by atoms with Crippen LogP contribution in [0.25, 0.3) is 0 Å². The number of nitrogens with zero attached hydrogens (tertiary/aromatic N) is 4. The molecule has 0 saturated heterocycles. The summed E-state index contributed by atoms with van der Waals surface area (Å²) in [6, 6.07) is 0. The van der Waals surface area contributed by atoms with Gasteiger partial charge in [0.1, 0.15) is 0 Å². The van der Waals surface area contributed by atoms with Crippen LogP contribution in [0.2, 0.25) is 0 Å². The van der Waals surface area contributed by atoms with Crippen molar-refractivity contribution in [3.8, 4) is 0 Å². The second-order valence-electron chi connectivity index (χ2n) is 2.99. The highest BCUT2D eigenvalue weighted by Crippen LogP contribution is 1.96. The van der Waals surface area contributed by atoms with E-state index >= 15 is 0 Å². The van der Waals surface area contributed by atoms with Gasteiger partial charge in [-0.25, -0.2) is 0 Å². The molecule has 0 unspecified atom stereocenters. The van der Waals surface area contributed by atoms with Crippen LogP contribution in [0.15, 0.2) is 20.4 Å². The Morgan fingerprint density at radius 3 is 2.12 bits per heavy atom. The monoisotopic (exact) mass is 226 g/mol. The van der Waals surface area contributed by atoms with E-state index in [0.717, 1.165) is 12.8 Å². The van der Waals surface area contributed by atoms with Gasteiger partial charge in [-0.2, -0.15) is 10.2 Å². The Kier molecular flexibility index (Phi) is 7.12. The zero-order valence-electron chi connectivity index (χ0n) is 9.30. The summed E-state index contributed by atoms with van der Waals surface area (Å²) >= 11 is 0.